The molecule has 0 aromatic carbocycles. The SMILES string of the molecule is Cc1cc(N(C)CC2CCCN2)ncc1[N+](=O)[O-]. The van der Waals surface area contributed by atoms with Crippen LogP contribution in [0.1, 0.15) is 18.4 Å². The van der Waals surface area contributed by atoms with E-state index in [1.54, 1.807) is 13.0 Å². The summed E-state index contributed by atoms with van der Waals surface area (Å²) in [5.41, 5.74) is 0.724. The fraction of sp³-hybridized carbons (Fsp3) is 0.583. The van der Waals surface area contributed by atoms with Crippen LogP contribution in [0.4, 0.5) is 11.5 Å². The lowest BCUT2D eigenvalue weighted by atomic mass is 10.2. The minimum Gasteiger partial charge on any atom is -0.358 e. The van der Waals surface area contributed by atoms with Gasteiger partial charge in [0, 0.05) is 25.2 Å². The minimum atomic E-state index is -0.398. The van der Waals surface area contributed by atoms with Gasteiger partial charge in [-0.1, -0.05) is 0 Å². The summed E-state index contributed by atoms with van der Waals surface area (Å²) < 4.78 is 0. The number of nitrogens with one attached hydrogen (secondary N) is 1. The van der Waals surface area contributed by atoms with Gasteiger partial charge in [0.1, 0.15) is 12.0 Å². The summed E-state index contributed by atoms with van der Waals surface area (Å²) in [5.74, 6) is 0.784. The van der Waals surface area contributed by atoms with Crippen LogP contribution in [0.15, 0.2) is 12.3 Å². The average Bonchev–Trinajstić information content (AvgIpc) is 2.81. The summed E-state index contributed by atoms with van der Waals surface area (Å²) in [6.07, 6.45) is 3.73. The molecule has 1 unspecified atom stereocenters. The van der Waals surface area contributed by atoms with E-state index in [0.29, 0.717) is 11.6 Å². The van der Waals surface area contributed by atoms with Crippen molar-refractivity contribution in [2.24, 2.45) is 0 Å². The smallest absolute Gasteiger partial charge is 0.290 e. The van der Waals surface area contributed by atoms with E-state index in [2.05, 4.69) is 10.3 Å². The predicted molar refractivity (Wildman–Crippen MR) is 69.9 cm³/mol. The van der Waals surface area contributed by atoms with Gasteiger partial charge in [-0.3, -0.25) is 10.1 Å². The van der Waals surface area contributed by atoms with E-state index in [-0.39, 0.29) is 5.69 Å². The average molecular weight is 250 g/mol. The van der Waals surface area contributed by atoms with Crippen molar-refractivity contribution in [3.8, 4) is 0 Å². The topological polar surface area (TPSA) is 71.3 Å². The Labute approximate surface area is 106 Å². The van der Waals surface area contributed by atoms with Gasteiger partial charge in [-0.05, 0) is 32.4 Å². The molecule has 98 valence electrons. The molecule has 1 aliphatic rings. The first kappa shape index (κ1) is 12.8. The van der Waals surface area contributed by atoms with E-state index in [0.717, 1.165) is 18.9 Å². The lowest BCUT2D eigenvalue weighted by molar-refractivity contribution is -0.385. The lowest BCUT2D eigenvalue weighted by Gasteiger charge is -2.22. The fourth-order valence-electron chi connectivity index (χ4n) is 2.27. The highest BCUT2D eigenvalue weighted by atomic mass is 16.6. The molecule has 18 heavy (non-hydrogen) atoms. The lowest BCUT2D eigenvalue weighted by Crippen LogP contribution is -2.35. The van der Waals surface area contributed by atoms with E-state index in [9.17, 15) is 10.1 Å². The number of hydrogen-bond acceptors (Lipinski definition) is 5. The molecule has 1 aliphatic heterocycles. The molecule has 6 heteroatoms. The molecule has 1 N–H and O–H groups in total. The zero-order valence-electron chi connectivity index (χ0n) is 10.7. The van der Waals surface area contributed by atoms with E-state index < -0.39 is 4.92 Å². The molecule has 0 aliphatic carbocycles. The van der Waals surface area contributed by atoms with Gasteiger partial charge in [-0.25, -0.2) is 4.98 Å². The van der Waals surface area contributed by atoms with E-state index in [1.807, 2.05) is 11.9 Å². The number of likely N-dealkylation sites (N-methyl/N-ethyl adjacent to an activating group) is 1. The molecule has 0 amide bonds. The molecule has 6 nitrogen and oxygen atoms in total. The molecule has 1 atom stereocenters. The normalized spacial score (nSPS) is 18.9. The molecule has 2 rings (SSSR count). The summed E-state index contributed by atoms with van der Waals surface area (Å²) in [4.78, 5) is 16.5. The molecule has 2 heterocycles. The maximum absolute atomic E-state index is 10.7. The third-order valence-electron chi connectivity index (χ3n) is 3.31. The maximum Gasteiger partial charge on any atom is 0.290 e. The molecular formula is C12H18N4O2. The highest BCUT2D eigenvalue weighted by Gasteiger charge is 2.18. The summed E-state index contributed by atoms with van der Waals surface area (Å²) in [6, 6.07) is 2.26. The first-order valence-electron chi connectivity index (χ1n) is 6.13. The van der Waals surface area contributed by atoms with Gasteiger partial charge < -0.3 is 10.2 Å². The van der Waals surface area contributed by atoms with Crippen LogP contribution in [0.5, 0.6) is 0 Å². The number of aryl methyl sites for hydroxylation is 1. The Morgan fingerprint density at radius 1 is 1.67 bits per heavy atom. The number of anilines is 1. The van der Waals surface area contributed by atoms with Crippen molar-refractivity contribution < 1.29 is 4.92 Å². The van der Waals surface area contributed by atoms with Crippen molar-refractivity contribution in [1.82, 2.24) is 10.3 Å². The Kier molecular flexibility index (Phi) is 3.76. The van der Waals surface area contributed by atoms with Gasteiger partial charge >= 0.3 is 0 Å². The third-order valence-corrected chi connectivity index (χ3v) is 3.31. The van der Waals surface area contributed by atoms with Crippen molar-refractivity contribution in [1.29, 1.82) is 0 Å². The molecule has 1 aromatic rings. The first-order valence-corrected chi connectivity index (χ1v) is 6.13. The van der Waals surface area contributed by atoms with Crippen molar-refractivity contribution in [3.63, 3.8) is 0 Å². The van der Waals surface area contributed by atoms with Crippen molar-refractivity contribution >= 4 is 11.5 Å². The van der Waals surface area contributed by atoms with E-state index in [4.69, 9.17) is 0 Å². The number of hydrogen-bond donors (Lipinski definition) is 1. The monoisotopic (exact) mass is 250 g/mol. The Hall–Kier alpha value is -1.69. The van der Waals surface area contributed by atoms with E-state index in [1.165, 1.54) is 19.0 Å². The van der Waals surface area contributed by atoms with Gasteiger partial charge in [0.25, 0.3) is 5.69 Å². The Bertz CT molecular complexity index is 444. The van der Waals surface area contributed by atoms with Gasteiger partial charge in [0.05, 0.1) is 4.92 Å². The number of rotatable bonds is 4. The Morgan fingerprint density at radius 3 is 3.00 bits per heavy atom. The number of aromatic nitrogens is 1. The molecule has 0 radical (unpaired) electrons. The quantitative estimate of drug-likeness (QED) is 0.647. The van der Waals surface area contributed by atoms with Crippen molar-refractivity contribution in [2.75, 3.05) is 25.0 Å². The fourth-order valence-corrected chi connectivity index (χ4v) is 2.27. The third kappa shape index (κ3) is 2.76. The largest absolute Gasteiger partial charge is 0.358 e. The van der Waals surface area contributed by atoms with Crippen LogP contribution < -0.4 is 10.2 Å². The summed E-state index contributed by atoms with van der Waals surface area (Å²) in [5, 5.41) is 14.1. The standard InChI is InChI=1S/C12H18N4O2/c1-9-6-12(14-7-11(9)16(17)18)15(2)8-10-4-3-5-13-10/h6-7,10,13H,3-5,8H2,1-2H3. The zero-order chi connectivity index (χ0) is 13.1. The van der Waals surface area contributed by atoms with Gasteiger partial charge in [0.2, 0.25) is 0 Å². The van der Waals surface area contributed by atoms with Crippen LogP contribution >= 0.6 is 0 Å². The molecule has 1 saturated heterocycles. The van der Waals surface area contributed by atoms with Crippen LogP contribution in [-0.2, 0) is 0 Å². The second kappa shape index (κ2) is 5.30. The Morgan fingerprint density at radius 2 is 2.44 bits per heavy atom. The van der Waals surface area contributed by atoms with Crippen molar-refractivity contribution in [3.05, 3.63) is 27.9 Å². The number of pyridine rings is 1. The van der Waals surface area contributed by atoms with Crippen LogP contribution in [0.3, 0.4) is 0 Å². The zero-order valence-corrected chi connectivity index (χ0v) is 10.7. The van der Waals surface area contributed by atoms with Crippen LogP contribution in [-0.4, -0.2) is 36.1 Å². The van der Waals surface area contributed by atoms with Crippen LogP contribution in [0.2, 0.25) is 0 Å². The second-order valence-electron chi connectivity index (χ2n) is 4.76. The molecular weight excluding hydrogens is 232 g/mol. The molecule has 0 spiro atoms. The summed E-state index contributed by atoms with van der Waals surface area (Å²) in [7, 11) is 1.97. The molecule has 0 saturated carbocycles. The second-order valence-corrected chi connectivity index (χ2v) is 4.76. The van der Waals surface area contributed by atoms with Crippen LogP contribution in [0, 0.1) is 17.0 Å². The van der Waals surface area contributed by atoms with Crippen LogP contribution in [0.25, 0.3) is 0 Å². The molecule has 1 fully saturated rings. The highest BCUT2D eigenvalue weighted by Crippen LogP contribution is 2.21. The minimum absolute atomic E-state index is 0.0751. The Balaban J connectivity index is 2.08. The maximum atomic E-state index is 10.7. The first-order chi connectivity index (χ1) is 8.58. The number of nitrogens with zero attached hydrogens (tertiary/aromatic N) is 3. The summed E-state index contributed by atoms with van der Waals surface area (Å²) >= 11 is 0. The van der Waals surface area contributed by atoms with Gasteiger partial charge in [-0.2, -0.15) is 0 Å². The summed E-state index contributed by atoms with van der Waals surface area (Å²) in [6.45, 7) is 3.69. The van der Waals surface area contributed by atoms with Gasteiger partial charge in [-0.15, -0.1) is 0 Å². The molecule has 0 bridgehead atoms. The molecule has 1 aromatic heterocycles. The predicted octanol–water partition coefficient (Wildman–Crippen LogP) is 1.49. The van der Waals surface area contributed by atoms with E-state index >= 15 is 0 Å². The highest BCUT2D eigenvalue weighted by molar-refractivity contribution is 5.48. The number of nitro groups is 1. The van der Waals surface area contributed by atoms with Crippen molar-refractivity contribution in [2.45, 2.75) is 25.8 Å². The van der Waals surface area contributed by atoms with Gasteiger partial charge in [0.15, 0.2) is 0 Å².